The van der Waals surface area contributed by atoms with E-state index in [-0.39, 0.29) is 11.2 Å². The van der Waals surface area contributed by atoms with Crippen molar-refractivity contribution < 1.29 is 4.79 Å². The second-order valence-electron chi connectivity index (χ2n) is 5.08. The number of rotatable bonds is 5. The van der Waals surface area contributed by atoms with Gasteiger partial charge in [-0.15, -0.1) is 5.10 Å². The number of carbonyl (C=O) groups excluding carboxylic acids is 1. The van der Waals surface area contributed by atoms with Crippen LogP contribution >= 0.6 is 11.8 Å². The number of carbonyl (C=O) groups is 1. The van der Waals surface area contributed by atoms with Crippen molar-refractivity contribution in [3.05, 3.63) is 29.8 Å². The summed E-state index contributed by atoms with van der Waals surface area (Å²) in [6.07, 6.45) is 2.17. The van der Waals surface area contributed by atoms with Gasteiger partial charge >= 0.3 is 0 Å². The van der Waals surface area contributed by atoms with Crippen LogP contribution in [0.1, 0.15) is 31.4 Å². The third-order valence-electron chi connectivity index (χ3n) is 3.27. The highest BCUT2D eigenvalue weighted by Gasteiger charge is 2.29. The van der Waals surface area contributed by atoms with Gasteiger partial charge in [-0.3, -0.25) is 4.79 Å². The Kier molecular flexibility index (Phi) is 4.06. The Bertz CT molecular complexity index is 733. The number of nitriles is 1. The molecule has 1 amide bonds. The number of amides is 1. The van der Waals surface area contributed by atoms with Crippen LogP contribution in [0.15, 0.2) is 29.4 Å². The van der Waals surface area contributed by atoms with Crippen LogP contribution in [0.5, 0.6) is 0 Å². The summed E-state index contributed by atoms with van der Waals surface area (Å²) in [6.45, 7) is 1.81. The maximum atomic E-state index is 12.2. The SMILES string of the molecule is CC(Sc1nnnn1C1CC1)C(=O)Nc1cccc(C#N)c1. The molecule has 1 aromatic heterocycles. The third-order valence-corrected chi connectivity index (χ3v) is 4.31. The number of tetrazole rings is 1. The summed E-state index contributed by atoms with van der Waals surface area (Å²) in [5, 5.41) is 23.6. The predicted octanol–water partition coefficient (Wildman–Crippen LogP) is 2.00. The largest absolute Gasteiger partial charge is 0.325 e. The number of hydrogen-bond acceptors (Lipinski definition) is 6. The molecule has 2 aromatic rings. The third kappa shape index (κ3) is 3.26. The molecule has 1 heterocycles. The first-order valence-corrected chi connectivity index (χ1v) is 7.81. The smallest absolute Gasteiger partial charge is 0.237 e. The Morgan fingerprint density at radius 1 is 1.55 bits per heavy atom. The van der Waals surface area contributed by atoms with Crippen LogP contribution in [0.4, 0.5) is 5.69 Å². The van der Waals surface area contributed by atoms with Gasteiger partial charge in [-0.1, -0.05) is 17.8 Å². The summed E-state index contributed by atoms with van der Waals surface area (Å²) in [4.78, 5) is 12.2. The number of aromatic nitrogens is 4. The summed E-state index contributed by atoms with van der Waals surface area (Å²) in [6, 6.07) is 9.25. The quantitative estimate of drug-likeness (QED) is 0.848. The van der Waals surface area contributed by atoms with Gasteiger partial charge in [-0.2, -0.15) is 5.26 Å². The highest BCUT2D eigenvalue weighted by molar-refractivity contribution is 8.00. The van der Waals surface area contributed by atoms with E-state index in [4.69, 9.17) is 5.26 Å². The fraction of sp³-hybridized carbons (Fsp3) is 0.357. The summed E-state index contributed by atoms with van der Waals surface area (Å²) < 4.78 is 1.78. The van der Waals surface area contributed by atoms with E-state index >= 15 is 0 Å². The molecule has 1 unspecified atom stereocenters. The van der Waals surface area contributed by atoms with Crippen molar-refractivity contribution in [3.8, 4) is 6.07 Å². The van der Waals surface area contributed by atoms with Crippen LogP contribution in [-0.4, -0.2) is 31.4 Å². The molecule has 0 saturated heterocycles. The van der Waals surface area contributed by atoms with Gasteiger partial charge in [0.25, 0.3) is 0 Å². The highest BCUT2D eigenvalue weighted by Crippen LogP contribution is 2.37. The van der Waals surface area contributed by atoms with Crippen molar-refractivity contribution >= 4 is 23.4 Å². The molecular formula is C14H14N6OS. The van der Waals surface area contributed by atoms with E-state index in [1.54, 1.807) is 35.9 Å². The first kappa shape index (κ1) is 14.5. The van der Waals surface area contributed by atoms with Crippen LogP contribution in [0.3, 0.4) is 0 Å². The van der Waals surface area contributed by atoms with E-state index in [2.05, 4.69) is 20.8 Å². The number of nitrogens with zero attached hydrogens (tertiary/aromatic N) is 5. The van der Waals surface area contributed by atoms with E-state index in [0.29, 0.717) is 22.4 Å². The maximum Gasteiger partial charge on any atom is 0.237 e. The molecule has 0 radical (unpaired) electrons. The number of hydrogen-bond donors (Lipinski definition) is 1. The zero-order valence-electron chi connectivity index (χ0n) is 11.9. The monoisotopic (exact) mass is 314 g/mol. The zero-order chi connectivity index (χ0) is 15.5. The first-order valence-electron chi connectivity index (χ1n) is 6.93. The van der Waals surface area contributed by atoms with Crippen molar-refractivity contribution in [3.63, 3.8) is 0 Å². The lowest BCUT2D eigenvalue weighted by Crippen LogP contribution is -2.23. The zero-order valence-corrected chi connectivity index (χ0v) is 12.7. The van der Waals surface area contributed by atoms with Crippen molar-refractivity contribution in [1.29, 1.82) is 5.26 Å². The topological polar surface area (TPSA) is 96.5 Å². The Morgan fingerprint density at radius 2 is 2.36 bits per heavy atom. The van der Waals surface area contributed by atoms with Gasteiger partial charge in [0, 0.05) is 5.69 Å². The fourth-order valence-corrected chi connectivity index (χ4v) is 2.79. The number of benzene rings is 1. The van der Waals surface area contributed by atoms with E-state index in [1.807, 2.05) is 6.07 Å². The molecule has 1 N–H and O–H groups in total. The number of anilines is 1. The lowest BCUT2D eigenvalue weighted by atomic mass is 10.2. The molecule has 1 aliphatic carbocycles. The molecule has 1 saturated carbocycles. The molecular weight excluding hydrogens is 300 g/mol. The minimum atomic E-state index is -0.339. The molecule has 112 valence electrons. The average Bonchev–Trinajstić information content (AvgIpc) is 3.27. The molecule has 1 atom stereocenters. The molecule has 3 rings (SSSR count). The van der Waals surface area contributed by atoms with Crippen LogP contribution in [0.25, 0.3) is 0 Å². The fourth-order valence-electron chi connectivity index (χ4n) is 1.93. The molecule has 0 spiro atoms. The Morgan fingerprint density at radius 3 is 3.09 bits per heavy atom. The molecule has 0 aliphatic heterocycles. The second-order valence-corrected chi connectivity index (χ2v) is 6.39. The Balaban J connectivity index is 1.64. The maximum absolute atomic E-state index is 12.2. The molecule has 22 heavy (non-hydrogen) atoms. The van der Waals surface area contributed by atoms with E-state index in [1.165, 1.54) is 11.8 Å². The molecule has 1 aromatic carbocycles. The normalized spacial score (nSPS) is 15.1. The summed E-state index contributed by atoms with van der Waals surface area (Å²) in [7, 11) is 0. The molecule has 1 aliphatic rings. The summed E-state index contributed by atoms with van der Waals surface area (Å²) in [5.41, 5.74) is 1.12. The van der Waals surface area contributed by atoms with Crippen LogP contribution in [-0.2, 0) is 4.79 Å². The summed E-state index contributed by atoms with van der Waals surface area (Å²) in [5.74, 6) is -0.148. The van der Waals surface area contributed by atoms with Crippen molar-refractivity contribution in [1.82, 2.24) is 20.2 Å². The van der Waals surface area contributed by atoms with Gasteiger partial charge < -0.3 is 5.32 Å². The number of nitrogens with one attached hydrogen (secondary N) is 1. The van der Waals surface area contributed by atoms with E-state index in [0.717, 1.165) is 12.8 Å². The molecule has 1 fully saturated rings. The van der Waals surface area contributed by atoms with Gasteiger partial charge in [0.1, 0.15) is 0 Å². The lowest BCUT2D eigenvalue weighted by Gasteiger charge is -2.11. The number of thioether (sulfide) groups is 1. The Hall–Kier alpha value is -2.40. The molecule has 0 bridgehead atoms. The minimum absolute atomic E-state index is 0.148. The van der Waals surface area contributed by atoms with Crippen LogP contribution in [0, 0.1) is 11.3 Å². The minimum Gasteiger partial charge on any atom is -0.325 e. The van der Waals surface area contributed by atoms with Crippen molar-refractivity contribution in [2.75, 3.05) is 5.32 Å². The second kappa shape index (κ2) is 6.15. The van der Waals surface area contributed by atoms with Crippen molar-refractivity contribution in [2.45, 2.75) is 36.2 Å². The van der Waals surface area contributed by atoms with Crippen molar-refractivity contribution in [2.24, 2.45) is 0 Å². The van der Waals surface area contributed by atoms with Gasteiger partial charge in [0.15, 0.2) is 0 Å². The van der Waals surface area contributed by atoms with Gasteiger partial charge in [-0.25, -0.2) is 4.68 Å². The average molecular weight is 314 g/mol. The van der Waals surface area contributed by atoms with E-state index < -0.39 is 0 Å². The summed E-state index contributed by atoms with van der Waals surface area (Å²) >= 11 is 1.33. The standard InChI is InChI=1S/C14H14N6OS/c1-9(22-14-17-18-19-20(14)12-5-6-12)13(21)16-11-4-2-3-10(7-11)8-15/h2-4,7,9,12H,5-6H2,1H3,(H,16,21). The molecule has 7 nitrogen and oxygen atoms in total. The first-order chi connectivity index (χ1) is 10.7. The van der Waals surface area contributed by atoms with Gasteiger partial charge in [0.2, 0.25) is 11.1 Å². The van der Waals surface area contributed by atoms with Gasteiger partial charge in [0.05, 0.1) is 22.9 Å². The predicted molar refractivity (Wildman–Crippen MR) is 81.2 cm³/mol. The van der Waals surface area contributed by atoms with Crippen LogP contribution < -0.4 is 5.32 Å². The van der Waals surface area contributed by atoms with Crippen LogP contribution in [0.2, 0.25) is 0 Å². The van der Waals surface area contributed by atoms with E-state index in [9.17, 15) is 4.79 Å². The van der Waals surface area contributed by atoms with Gasteiger partial charge in [-0.05, 0) is 48.4 Å². The lowest BCUT2D eigenvalue weighted by molar-refractivity contribution is -0.115. The molecule has 8 heteroatoms. The highest BCUT2D eigenvalue weighted by atomic mass is 32.2. The Labute approximate surface area is 131 Å².